The highest BCUT2D eigenvalue weighted by molar-refractivity contribution is 5.74. The van der Waals surface area contributed by atoms with Crippen molar-refractivity contribution in [2.45, 2.75) is 45.7 Å². The lowest BCUT2D eigenvalue weighted by Gasteiger charge is -2.27. The summed E-state index contributed by atoms with van der Waals surface area (Å²) in [6.07, 6.45) is 1.97. The van der Waals surface area contributed by atoms with Gasteiger partial charge in [0.1, 0.15) is 0 Å². The monoisotopic (exact) mass is 216 g/mol. The number of nitrogens with zero attached hydrogens (tertiary/aromatic N) is 1. The first kappa shape index (κ1) is 14.2. The second kappa shape index (κ2) is 7.51. The molecule has 0 aliphatic rings. The van der Waals surface area contributed by atoms with Gasteiger partial charge in [0.05, 0.1) is 12.6 Å². The van der Waals surface area contributed by atoms with Crippen LogP contribution in [0.1, 0.15) is 33.6 Å². The minimum Gasteiger partial charge on any atom is -0.383 e. The van der Waals surface area contributed by atoms with Crippen LogP contribution >= 0.6 is 0 Å². The zero-order chi connectivity index (χ0) is 11.8. The Balaban J connectivity index is 4.07. The molecule has 90 valence electrons. The summed E-state index contributed by atoms with van der Waals surface area (Å²) in [4.78, 5) is 13.5. The second-order valence-electron chi connectivity index (χ2n) is 3.89. The van der Waals surface area contributed by atoms with Gasteiger partial charge in [-0.15, -0.1) is 0 Å². The average Bonchev–Trinajstić information content (AvgIpc) is 2.19. The zero-order valence-electron chi connectivity index (χ0n) is 10.5. The maximum atomic E-state index is 11.7. The summed E-state index contributed by atoms with van der Waals surface area (Å²) >= 11 is 0. The fraction of sp³-hybridized carbons (Fsp3) is 0.909. The van der Waals surface area contributed by atoms with Crippen LogP contribution in [0.15, 0.2) is 0 Å². The number of nitrogens with one attached hydrogen (secondary N) is 1. The average molecular weight is 216 g/mol. The lowest BCUT2D eigenvalue weighted by atomic mass is 10.1. The lowest BCUT2D eigenvalue weighted by molar-refractivity contribution is 0.155. The van der Waals surface area contributed by atoms with E-state index < -0.39 is 0 Å². The molecule has 1 atom stereocenters. The Labute approximate surface area is 93.0 Å². The third-order valence-corrected chi connectivity index (χ3v) is 2.60. The van der Waals surface area contributed by atoms with Gasteiger partial charge in [-0.25, -0.2) is 4.79 Å². The van der Waals surface area contributed by atoms with E-state index in [1.807, 2.05) is 14.0 Å². The van der Waals surface area contributed by atoms with Gasteiger partial charge < -0.3 is 15.0 Å². The van der Waals surface area contributed by atoms with E-state index in [0.29, 0.717) is 12.6 Å². The largest absolute Gasteiger partial charge is 0.383 e. The third kappa shape index (κ3) is 5.02. The molecular weight excluding hydrogens is 192 g/mol. The molecule has 0 bridgehead atoms. The molecule has 0 aromatic carbocycles. The van der Waals surface area contributed by atoms with Gasteiger partial charge in [0.2, 0.25) is 0 Å². The van der Waals surface area contributed by atoms with Gasteiger partial charge in [-0.1, -0.05) is 13.8 Å². The highest BCUT2D eigenvalue weighted by Crippen LogP contribution is 2.06. The van der Waals surface area contributed by atoms with Crippen LogP contribution in [-0.4, -0.2) is 43.8 Å². The Morgan fingerprint density at radius 2 is 1.93 bits per heavy atom. The molecule has 0 spiro atoms. The molecule has 0 rings (SSSR count). The molecule has 15 heavy (non-hydrogen) atoms. The van der Waals surface area contributed by atoms with Crippen molar-refractivity contribution in [1.82, 2.24) is 10.2 Å². The van der Waals surface area contributed by atoms with Crippen molar-refractivity contribution in [3.8, 4) is 0 Å². The summed E-state index contributed by atoms with van der Waals surface area (Å²) in [6, 6.07) is 0.354. The molecule has 0 saturated carbocycles. The summed E-state index contributed by atoms with van der Waals surface area (Å²) in [5.74, 6) is 0. The van der Waals surface area contributed by atoms with E-state index in [4.69, 9.17) is 4.74 Å². The molecule has 2 amide bonds. The molecule has 0 unspecified atom stereocenters. The van der Waals surface area contributed by atoms with Crippen LogP contribution in [-0.2, 0) is 4.74 Å². The van der Waals surface area contributed by atoms with Crippen LogP contribution < -0.4 is 5.32 Å². The molecule has 0 aliphatic heterocycles. The molecule has 4 nitrogen and oxygen atoms in total. The maximum Gasteiger partial charge on any atom is 0.317 e. The number of carbonyl (C=O) groups is 1. The van der Waals surface area contributed by atoms with Gasteiger partial charge >= 0.3 is 6.03 Å². The molecule has 0 saturated heterocycles. The number of urea groups is 1. The molecule has 4 heteroatoms. The summed E-state index contributed by atoms with van der Waals surface area (Å²) in [5, 5.41) is 2.89. The van der Waals surface area contributed by atoms with Crippen LogP contribution in [0.2, 0.25) is 0 Å². The van der Waals surface area contributed by atoms with E-state index in [1.54, 1.807) is 12.0 Å². The molecule has 0 aromatic rings. The fourth-order valence-electron chi connectivity index (χ4n) is 1.61. The first-order valence-electron chi connectivity index (χ1n) is 5.59. The van der Waals surface area contributed by atoms with Crippen LogP contribution in [0, 0.1) is 0 Å². The predicted molar refractivity (Wildman–Crippen MR) is 62.0 cm³/mol. The Bertz CT molecular complexity index is 181. The van der Waals surface area contributed by atoms with E-state index in [-0.39, 0.29) is 12.1 Å². The number of ether oxygens (including phenoxy) is 1. The van der Waals surface area contributed by atoms with E-state index in [9.17, 15) is 4.79 Å². The first-order valence-corrected chi connectivity index (χ1v) is 5.59. The number of hydrogen-bond donors (Lipinski definition) is 1. The van der Waals surface area contributed by atoms with Crippen LogP contribution in [0.25, 0.3) is 0 Å². The highest BCUT2D eigenvalue weighted by Gasteiger charge is 2.17. The van der Waals surface area contributed by atoms with E-state index >= 15 is 0 Å². The highest BCUT2D eigenvalue weighted by atomic mass is 16.5. The quantitative estimate of drug-likeness (QED) is 0.736. The Morgan fingerprint density at radius 3 is 2.33 bits per heavy atom. The zero-order valence-corrected chi connectivity index (χ0v) is 10.5. The minimum absolute atomic E-state index is 0.0201. The smallest absolute Gasteiger partial charge is 0.317 e. The molecule has 0 aliphatic carbocycles. The Hall–Kier alpha value is -0.770. The van der Waals surface area contributed by atoms with Gasteiger partial charge in [0, 0.05) is 20.2 Å². The van der Waals surface area contributed by atoms with Crippen molar-refractivity contribution in [2.75, 3.05) is 20.8 Å². The van der Waals surface area contributed by atoms with Crippen molar-refractivity contribution in [2.24, 2.45) is 0 Å². The maximum absolute atomic E-state index is 11.7. The van der Waals surface area contributed by atoms with Crippen molar-refractivity contribution in [3.05, 3.63) is 0 Å². The summed E-state index contributed by atoms with van der Waals surface area (Å²) in [5.41, 5.74) is 0. The van der Waals surface area contributed by atoms with E-state index in [1.165, 1.54) is 0 Å². The van der Waals surface area contributed by atoms with Gasteiger partial charge in [0.25, 0.3) is 0 Å². The lowest BCUT2D eigenvalue weighted by Crippen LogP contribution is -2.47. The summed E-state index contributed by atoms with van der Waals surface area (Å²) in [6.45, 7) is 6.66. The second-order valence-corrected chi connectivity index (χ2v) is 3.89. The van der Waals surface area contributed by atoms with Crippen molar-refractivity contribution < 1.29 is 9.53 Å². The van der Waals surface area contributed by atoms with Crippen molar-refractivity contribution in [1.29, 1.82) is 0 Å². The number of amides is 2. The van der Waals surface area contributed by atoms with Gasteiger partial charge in [-0.2, -0.15) is 0 Å². The molecule has 0 heterocycles. The molecule has 1 N–H and O–H groups in total. The van der Waals surface area contributed by atoms with Gasteiger partial charge in [-0.05, 0) is 19.8 Å². The summed E-state index contributed by atoms with van der Waals surface area (Å²) < 4.78 is 4.96. The molecule has 0 aromatic heterocycles. The van der Waals surface area contributed by atoms with Gasteiger partial charge in [-0.3, -0.25) is 0 Å². The first-order chi connectivity index (χ1) is 7.06. The topological polar surface area (TPSA) is 41.6 Å². The van der Waals surface area contributed by atoms with Crippen LogP contribution in [0.4, 0.5) is 4.79 Å². The molecular formula is C11H24N2O2. The molecule has 0 radical (unpaired) electrons. The molecule has 0 fully saturated rings. The van der Waals surface area contributed by atoms with Crippen molar-refractivity contribution in [3.63, 3.8) is 0 Å². The van der Waals surface area contributed by atoms with Gasteiger partial charge in [0.15, 0.2) is 0 Å². The Morgan fingerprint density at radius 1 is 1.40 bits per heavy atom. The normalized spacial score (nSPS) is 12.7. The minimum atomic E-state index is -0.0201. The number of rotatable bonds is 6. The Kier molecular flexibility index (Phi) is 7.13. The number of carbonyl (C=O) groups excluding carboxylic acids is 1. The van der Waals surface area contributed by atoms with E-state index in [0.717, 1.165) is 12.8 Å². The standard InChI is InChI=1S/C11H24N2O2/c1-6-10(7-2)13(4)11(14)12-9(3)8-15-5/h9-10H,6-8H2,1-5H3,(H,12,14)/t9-/m1/s1. The number of methoxy groups -OCH3 is 1. The van der Waals surface area contributed by atoms with Crippen molar-refractivity contribution >= 4 is 6.03 Å². The fourth-order valence-corrected chi connectivity index (χ4v) is 1.61. The van der Waals surface area contributed by atoms with E-state index in [2.05, 4.69) is 19.2 Å². The van der Waals surface area contributed by atoms with Crippen LogP contribution in [0.5, 0.6) is 0 Å². The summed E-state index contributed by atoms with van der Waals surface area (Å²) in [7, 11) is 3.47. The van der Waals surface area contributed by atoms with Crippen LogP contribution in [0.3, 0.4) is 0 Å². The predicted octanol–water partition coefficient (Wildman–Crippen LogP) is 1.85. The third-order valence-electron chi connectivity index (χ3n) is 2.60. The number of hydrogen-bond acceptors (Lipinski definition) is 2. The SMILES string of the molecule is CCC(CC)N(C)C(=O)N[C@H](C)COC.